The summed E-state index contributed by atoms with van der Waals surface area (Å²) in [6, 6.07) is 24.1. The van der Waals surface area contributed by atoms with Gasteiger partial charge in [0, 0.05) is 19.3 Å². The zero-order valence-corrected chi connectivity index (χ0v) is 15.5. The third-order valence-corrected chi connectivity index (χ3v) is 3.66. The molecule has 3 rings (SSSR count). The molecule has 3 aromatic rings. The number of amides is 1. The van der Waals surface area contributed by atoms with Gasteiger partial charge in [-0.3, -0.25) is 4.79 Å². The van der Waals surface area contributed by atoms with E-state index in [2.05, 4.69) is 58.8 Å². The number of ether oxygens (including phenoxy) is 1. The Morgan fingerprint density at radius 1 is 0.926 bits per heavy atom. The average Bonchev–Trinajstić information content (AvgIpc) is 2.71. The van der Waals surface area contributed by atoms with E-state index in [-0.39, 0.29) is 0 Å². The number of nitrogens with two attached hydrogens (primary N) is 1. The third-order valence-electron chi connectivity index (χ3n) is 3.66. The standard InChI is InChI=1S/C14H15N.C8H10N2O2/c1-3-7-13(8-4-1)11-15-12-14-9-5-2-6-10-14;1-2-12-8-6(7(9)11)4-3-5-10-8/h1-10,15H,11-12H2;3-5H,2H2,1H3,(H2,9,11). The molecule has 0 atom stereocenters. The quantitative estimate of drug-likeness (QED) is 0.673. The van der Waals surface area contributed by atoms with Gasteiger partial charge in [0.15, 0.2) is 0 Å². The minimum Gasteiger partial charge on any atom is -0.477 e. The Kier molecular flexibility index (Phi) is 8.53. The van der Waals surface area contributed by atoms with Crippen molar-refractivity contribution in [2.24, 2.45) is 5.73 Å². The van der Waals surface area contributed by atoms with Crippen molar-refractivity contribution >= 4 is 5.91 Å². The van der Waals surface area contributed by atoms with E-state index in [1.165, 1.54) is 11.1 Å². The summed E-state index contributed by atoms with van der Waals surface area (Å²) in [4.78, 5) is 14.7. The summed E-state index contributed by atoms with van der Waals surface area (Å²) in [7, 11) is 0. The van der Waals surface area contributed by atoms with E-state index in [4.69, 9.17) is 10.5 Å². The fourth-order valence-corrected chi connectivity index (χ4v) is 2.37. The molecule has 0 aliphatic rings. The number of carbonyl (C=O) groups is 1. The lowest BCUT2D eigenvalue weighted by Crippen LogP contribution is -2.13. The SMILES string of the molecule is CCOc1ncccc1C(N)=O.c1ccc(CNCc2ccccc2)cc1. The van der Waals surface area contributed by atoms with Crippen LogP contribution in [0.25, 0.3) is 0 Å². The minimum absolute atomic E-state index is 0.299. The van der Waals surface area contributed by atoms with Crippen molar-refractivity contribution in [2.45, 2.75) is 20.0 Å². The second kappa shape index (κ2) is 11.4. The highest BCUT2D eigenvalue weighted by atomic mass is 16.5. The first kappa shape index (κ1) is 20.1. The van der Waals surface area contributed by atoms with E-state index in [0.717, 1.165) is 13.1 Å². The summed E-state index contributed by atoms with van der Waals surface area (Å²) >= 11 is 0. The molecule has 140 valence electrons. The highest BCUT2D eigenvalue weighted by molar-refractivity contribution is 5.94. The number of primary amides is 1. The molecule has 3 N–H and O–H groups in total. The molecule has 2 aromatic carbocycles. The first-order valence-electron chi connectivity index (χ1n) is 8.87. The highest BCUT2D eigenvalue weighted by Crippen LogP contribution is 2.12. The summed E-state index contributed by atoms with van der Waals surface area (Å²) in [5.74, 6) is -0.223. The molecule has 1 aromatic heterocycles. The van der Waals surface area contributed by atoms with Crippen LogP contribution in [0.15, 0.2) is 79.0 Å². The zero-order valence-electron chi connectivity index (χ0n) is 15.5. The number of hydrogen-bond donors (Lipinski definition) is 2. The summed E-state index contributed by atoms with van der Waals surface area (Å²) in [5, 5.41) is 3.42. The summed E-state index contributed by atoms with van der Waals surface area (Å²) < 4.78 is 5.09. The van der Waals surface area contributed by atoms with Gasteiger partial charge in [0.25, 0.3) is 5.91 Å². The van der Waals surface area contributed by atoms with Crippen molar-refractivity contribution < 1.29 is 9.53 Å². The molecular formula is C22H25N3O2. The topological polar surface area (TPSA) is 77.2 Å². The van der Waals surface area contributed by atoms with Gasteiger partial charge >= 0.3 is 0 Å². The molecular weight excluding hydrogens is 338 g/mol. The normalized spacial score (nSPS) is 9.81. The molecule has 0 radical (unpaired) electrons. The maximum absolute atomic E-state index is 10.8. The van der Waals surface area contributed by atoms with Crippen LogP contribution in [0.2, 0.25) is 0 Å². The fourth-order valence-electron chi connectivity index (χ4n) is 2.37. The van der Waals surface area contributed by atoms with Crippen LogP contribution in [0.3, 0.4) is 0 Å². The van der Waals surface area contributed by atoms with Crippen molar-refractivity contribution in [1.82, 2.24) is 10.3 Å². The molecule has 0 aliphatic heterocycles. The Bertz CT molecular complexity index is 769. The van der Waals surface area contributed by atoms with Crippen molar-refractivity contribution in [2.75, 3.05) is 6.61 Å². The second-order valence-electron chi connectivity index (χ2n) is 5.73. The maximum atomic E-state index is 10.8. The molecule has 5 nitrogen and oxygen atoms in total. The molecule has 0 saturated carbocycles. The minimum atomic E-state index is -0.522. The van der Waals surface area contributed by atoms with Gasteiger partial charge in [-0.1, -0.05) is 60.7 Å². The van der Waals surface area contributed by atoms with Crippen molar-refractivity contribution in [3.63, 3.8) is 0 Å². The Morgan fingerprint density at radius 2 is 1.48 bits per heavy atom. The lowest BCUT2D eigenvalue weighted by molar-refractivity contribution is 0.0996. The van der Waals surface area contributed by atoms with Gasteiger partial charge in [-0.2, -0.15) is 0 Å². The molecule has 27 heavy (non-hydrogen) atoms. The summed E-state index contributed by atoms with van der Waals surface area (Å²) in [6.07, 6.45) is 1.55. The monoisotopic (exact) mass is 363 g/mol. The van der Waals surface area contributed by atoms with Crippen LogP contribution < -0.4 is 15.8 Å². The van der Waals surface area contributed by atoms with Crippen LogP contribution in [0.5, 0.6) is 5.88 Å². The van der Waals surface area contributed by atoms with Crippen molar-refractivity contribution in [3.8, 4) is 5.88 Å². The number of aromatic nitrogens is 1. The molecule has 0 saturated heterocycles. The molecule has 0 aliphatic carbocycles. The number of rotatable bonds is 7. The summed E-state index contributed by atoms with van der Waals surface area (Å²) in [6.45, 7) is 4.14. The number of pyridine rings is 1. The molecule has 0 bridgehead atoms. The third kappa shape index (κ3) is 7.30. The van der Waals surface area contributed by atoms with E-state index >= 15 is 0 Å². The van der Waals surface area contributed by atoms with E-state index in [1.807, 2.05) is 19.1 Å². The predicted octanol–water partition coefficient (Wildman–Crippen LogP) is 3.56. The largest absolute Gasteiger partial charge is 0.477 e. The van der Waals surface area contributed by atoms with Crippen LogP contribution in [-0.2, 0) is 13.1 Å². The molecule has 0 fully saturated rings. The smallest absolute Gasteiger partial charge is 0.254 e. The number of benzene rings is 2. The van der Waals surface area contributed by atoms with Crippen LogP contribution in [-0.4, -0.2) is 17.5 Å². The fraction of sp³-hybridized carbons (Fsp3) is 0.182. The molecule has 1 amide bonds. The number of carbonyl (C=O) groups excluding carboxylic acids is 1. The average molecular weight is 363 g/mol. The van der Waals surface area contributed by atoms with E-state index in [1.54, 1.807) is 18.3 Å². The second-order valence-corrected chi connectivity index (χ2v) is 5.73. The number of nitrogens with zero attached hydrogens (tertiary/aromatic N) is 1. The van der Waals surface area contributed by atoms with Crippen LogP contribution in [0.4, 0.5) is 0 Å². The van der Waals surface area contributed by atoms with Gasteiger partial charge in [0.1, 0.15) is 5.56 Å². The molecule has 5 heteroatoms. The first-order valence-corrected chi connectivity index (χ1v) is 8.87. The molecule has 1 heterocycles. The Hall–Kier alpha value is -3.18. The first-order chi connectivity index (χ1) is 13.2. The van der Waals surface area contributed by atoms with Gasteiger partial charge in [0.2, 0.25) is 5.88 Å². The predicted molar refractivity (Wildman–Crippen MR) is 107 cm³/mol. The zero-order chi connectivity index (χ0) is 19.3. The Labute approximate surface area is 160 Å². The van der Waals surface area contributed by atoms with Gasteiger partial charge in [-0.25, -0.2) is 4.98 Å². The van der Waals surface area contributed by atoms with Gasteiger partial charge in [-0.05, 0) is 30.2 Å². The Morgan fingerprint density at radius 3 is 1.96 bits per heavy atom. The van der Waals surface area contributed by atoms with Crippen LogP contribution in [0, 0.1) is 0 Å². The van der Waals surface area contributed by atoms with E-state index in [9.17, 15) is 4.79 Å². The molecule has 0 spiro atoms. The van der Waals surface area contributed by atoms with Crippen molar-refractivity contribution in [3.05, 3.63) is 95.7 Å². The Balaban J connectivity index is 0.000000199. The van der Waals surface area contributed by atoms with E-state index in [0.29, 0.717) is 18.1 Å². The van der Waals surface area contributed by atoms with Crippen LogP contribution in [0.1, 0.15) is 28.4 Å². The maximum Gasteiger partial charge on any atom is 0.254 e. The van der Waals surface area contributed by atoms with Gasteiger partial charge in [0.05, 0.1) is 6.61 Å². The van der Waals surface area contributed by atoms with Gasteiger partial charge in [-0.15, -0.1) is 0 Å². The number of hydrogen-bond acceptors (Lipinski definition) is 4. The molecule has 0 unspecified atom stereocenters. The van der Waals surface area contributed by atoms with E-state index < -0.39 is 5.91 Å². The number of nitrogens with one attached hydrogen (secondary N) is 1. The van der Waals surface area contributed by atoms with Gasteiger partial charge < -0.3 is 15.8 Å². The lowest BCUT2D eigenvalue weighted by atomic mass is 10.2. The van der Waals surface area contributed by atoms with Crippen LogP contribution >= 0.6 is 0 Å². The summed E-state index contributed by atoms with van der Waals surface area (Å²) in [5.41, 5.74) is 8.06. The lowest BCUT2D eigenvalue weighted by Gasteiger charge is -2.04. The van der Waals surface area contributed by atoms with Crippen molar-refractivity contribution in [1.29, 1.82) is 0 Å². The highest BCUT2D eigenvalue weighted by Gasteiger charge is 2.08.